The normalized spacial score (nSPS) is 13.8. The second-order valence-electron chi connectivity index (χ2n) is 6.92. The van der Waals surface area contributed by atoms with E-state index < -0.39 is 17.9 Å². The van der Waals surface area contributed by atoms with Crippen LogP contribution in [0.5, 0.6) is 0 Å². The lowest BCUT2D eigenvalue weighted by atomic mass is 9.87. The van der Waals surface area contributed by atoms with Crippen LogP contribution >= 0.6 is 0 Å². The number of hydrogen-bond donors (Lipinski definition) is 2. The summed E-state index contributed by atoms with van der Waals surface area (Å²) in [5, 5.41) is 12.5. The van der Waals surface area contributed by atoms with Crippen molar-refractivity contribution < 1.29 is 24.3 Å². The van der Waals surface area contributed by atoms with Crippen LogP contribution in [-0.2, 0) is 19.1 Å². The molecule has 23 heavy (non-hydrogen) atoms. The Balaban J connectivity index is 4.98. The molecule has 0 radical (unpaired) electrons. The minimum atomic E-state index is -0.750. The Kier molecular flexibility index (Phi) is 9.48. The Morgan fingerprint density at radius 1 is 1.35 bits per heavy atom. The summed E-state index contributed by atoms with van der Waals surface area (Å²) in [6, 6.07) is -0.750. The van der Waals surface area contributed by atoms with Crippen LogP contribution < -0.4 is 5.32 Å². The number of unbranched alkanes of at least 4 members (excludes halogenated alkanes) is 1. The van der Waals surface area contributed by atoms with Gasteiger partial charge in [0.15, 0.2) is 0 Å². The minimum absolute atomic E-state index is 0.0985. The van der Waals surface area contributed by atoms with Gasteiger partial charge in [0.25, 0.3) is 0 Å². The maximum atomic E-state index is 12.4. The van der Waals surface area contributed by atoms with Crippen LogP contribution in [0.15, 0.2) is 0 Å². The van der Waals surface area contributed by atoms with E-state index >= 15 is 0 Å². The van der Waals surface area contributed by atoms with Crippen LogP contribution in [-0.4, -0.2) is 48.3 Å². The lowest BCUT2D eigenvalue weighted by Gasteiger charge is -2.27. The molecule has 0 fully saturated rings. The quantitative estimate of drug-likeness (QED) is 0.275. The van der Waals surface area contributed by atoms with Crippen molar-refractivity contribution in [1.82, 2.24) is 10.4 Å². The van der Waals surface area contributed by atoms with Crippen molar-refractivity contribution in [3.63, 3.8) is 0 Å². The van der Waals surface area contributed by atoms with E-state index in [9.17, 15) is 19.6 Å². The summed E-state index contributed by atoms with van der Waals surface area (Å²) in [6.45, 7) is 7.78. The zero-order valence-corrected chi connectivity index (χ0v) is 14.8. The Morgan fingerprint density at radius 3 is 2.39 bits per heavy atom. The molecule has 0 bridgehead atoms. The van der Waals surface area contributed by atoms with Crippen LogP contribution in [0.1, 0.15) is 53.4 Å². The third-order valence-electron chi connectivity index (χ3n) is 3.42. The van der Waals surface area contributed by atoms with Gasteiger partial charge in [-0.25, -0.2) is 9.86 Å². The minimum Gasteiger partial charge on any atom is -0.467 e. The first-order valence-electron chi connectivity index (χ1n) is 7.93. The van der Waals surface area contributed by atoms with Crippen LogP contribution in [0.4, 0.5) is 0 Å². The fourth-order valence-corrected chi connectivity index (χ4v) is 2.26. The fraction of sp³-hybridized carbons (Fsp3) is 0.812. The third kappa shape index (κ3) is 9.18. The van der Waals surface area contributed by atoms with Crippen LogP contribution in [0.25, 0.3) is 0 Å². The van der Waals surface area contributed by atoms with Gasteiger partial charge in [0.1, 0.15) is 6.04 Å². The molecule has 0 aliphatic rings. The first-order chi connectivity index (χ1) is 10.6. The fourth-order valence-electron chi connectivity index (χ4n) is 2.26. The van der Waals surface area contributed by atoms with Crippen molar-refractivity contribution in [2.24, 2.45) is 11.3 Å². The van der Waals surface area contributed by atoms with Gasteiger partial charge >= 0.3 is 5.97 Å². The first-order valence-corrected chi connectivity index (χ1v) is 7.93. The molecule has 0 aliphatic carbocycles. The number of ether oxygens (including phenoxy) is 1. The molecule has 0 saturated carbocycles. The van der Waals surface area contributed by atoms with E-state index in [1.807, 2.05) is 27.7 Å². The number of hydrogen-bond acceptors (Lipinski definition) is 5. The number of carbonyl (C=O) groups excluding carboxylic acids is 3. The molecule has 134 valence electrons. The summed E-state index contributed by atoms with van der Waals surface area (Å²) in [5.41, 5.74) is -0.170. The average molecular weight is 330 g/mol. The van der Waals surface area contributed by atoms with Gasteiger partial charge in [0, 0.05) is 0 Å². The highest BCUT2D eigenvalue weighted by Gasteiger charge is 2.30. The van der Waals surface area contributed by atoms with Crippen LogP contribution in [0, 0.1) is 11.3 Å². The van der Waals surface area contributed by atoms with Crippen LogP contribution in [0.2, 0.25) is 0 Å². The molecule has 0 aromatic carbocycles. The van der Waals surface area contributed by atoms with E-state index in [1.165, 1.54) is 7.11 Å². The predicted molar refractivity (Wildman–Crippen MR) is 85.6 cm³/mol. The molecule has 0 spiro atoms. The zero-order chi connectivity index (χ0) is 18.0. The highest BCUT2D eigenvalue weighted by molar-refractivity contribution is 5.86. The number of esters is 1. The molecule has 0 unspecified atom stereocenters. The van der Waals surface area contributed by atoms with Crippen molar-refractivity contribution in [1.29, 1.82) is 0 Å². The summed E-state index contributed by atoms with van der Waals surface area (Å²) >= 11 is 0. The van der Waals surface area contributed by atoms with Gasteiger partial charge in [-0.05, 0) is 18.3 Å². The molecule has 0 saturated heterocycles. The maximum Gasteiger partial charge on any atom is 0.328 e. The Bertz CT molecular complexity index is 392. The number of hydroxylamine groups is 2. The number of amides is 2. The lowest BCUT2D eigenvalue weighted by Crippen LogP contribution is -2.47. The summed E-state index contributed by atoms with van der Waals surface area (Å²) in [6.07, 6.45) is 2.89. The molecule has 2 atom stereocenters. The molecule has 2 N–H and O–H groups in total. The van der Waals surface area contributed by atoms with E-state index in [0.717, 1.165) is 12.8 Å². The molecule has 0 aromatic heterocycles. The Morgan fingerprint density at radius 2 is 1.96 bits per heavy atom. The molecule has 7 heteroatoms. The van der Waals surface area contributed by atoms with Crippen molar-refractivity contribution in [2.75, 3.05) is 13.7 Å². The molecule has 0 aliphatic heterocycles. The number of carbonyl (C=O) groups is 3. The number of methoxy groups -OCH3 is 1. The average Bonchev–Trinajstić information content (AvgIpc) is 2.47. The van der Waals surface area contributed by atoms with Crippen molar-refractivity contribution in [2.45, 2.75) is 59.4 Å². The number of nitrogens with zero attached hydrogens (tertiary/aromatic N) is 1. The standard InChI is InChI=1S/C16H30N2O5/c1-6-7-8-12(10-18(22)11-19)14(20)17-13(15(21)23-5)9-16(2,3)4/h11-13,22H,6-10H2,1-5H3,(H,17,20)/t12-,13+/m1/s1. The molecular weight excluding hydrogens is 300 g/mol. The zero-order valence-electron chi connectivity index (χ0n) is 14.8. The third-order valence-corrected chi connectivity index (χ3v) is 3.42. The number of rotatable bonds is 10. The second-order valence-corrected chi connectivity index (χ2v) is 6.92. The van der Waals surface area contributed by atoms with Gasteiger partial charge in [-0.3, -0.25) is 14.8 Å². The molecule has 0 heterocycles. The van der Waals surface area contributed by atoms with Gasteiger partial charge in [-0.1, -0.05) is 40.5 Å². The molecule has 7 nitrogen and oxygen atoms in total. The Labute approximate surface area is 138 Å². The summed E-state index contributed by atoms with van der Waals surface area (Å²) in [4.78, 5) is 34.9. The molecule has 2 amide bonds. The lowest BCUT2D eigenvalue weighted by molar-refractivity contribution is -0.156. The monoisotopic (exact) mass is 330 g/mol. The van der Waals surface area contributed by atoms with Gasteiger partial charge in [-0.15, -0.1) is 0 Å². The van der Waals surface area contributed by atoms with Crippen molar-refractivity contribution in [3.8, 4) is 0 Å². The van der Waals surface area contributed by atoms with Gasteiger partial charge in [0.05, 0.1) is 19.6 Å². The topological polar surface area (TPSA) is 95.9 Å². The first kappa shape index (κ1) is 21.4. The van der Waals surface area contributed by atoms with E-state index in [2.05, 4.69) is 5.32 Å². The summed E-state index contributed by atoms with van der Waals surface area (Å²) in [5.74, 6) is -1.44. The van der Waals surface area contributed by atoms with E-state index in [1.54, 1.807) is 0 Å². The maximum absolute atomic E-state index is 12.4. The molecule has 0 aromatic rings. The predicted octanol–water partition coefficient (Wildman–Crippen LogP) is 1.73. The van der Waals surface area contributed by atoms with E-state index in [-0.39, 0.29) is 24.3 Å². The molecular formula is C16H30N2O5. The largest absolute Gasteiger partial charge is 0.467 e. The van der Waals surface area contributed by atoms with E-state index in [0.29, 0.717) is 17.9 Å². The van der Waals surface area contributed by atoms with Gasteiger partial charge < -0.3 is 10.1 Å². The highest BCUT2D eigenvalue weighted by atomic mass is 16.5. The van der Waals surface area contributed by atoms with E-state index in [4.69, 9.17) is 4.74 Å². The molecule has 0 rings (SSSR count). The van der Waals surface area contributed by atoms with Crippen molar-refractivity contribution >= 4 is 18.3 Å². The smallest absolute Gasteiger partial charge is 0.328 e. The van der Waals surface area contributed by atoms with Gasteiger partial charge in [-0.2, -0.15) is 0 Å². The SMILES string of the molecule is CCCC[C@H](CN(O)C=O)C(=O)N[C@@H](CC(C)(C)C)C(=O)OC. The summed E-state index contributed by atoms with van der Waals surface area (Å²) in [7, 11) is 1.28. The highest BCUT2D eigenvalue weighted by Crippen LogP contribution is 2.22. The number of nitrogens with one attached hydrogen (secondary N) is 1. The Hall–Kier alpha value is -1.63. The van der Waals surface area contributed by atoms with Crippen LogP contribution in [0.3, 0.4) is 0 Å². The summed E-state index contributed by atoms with van der Waals surface area (Å²) < 4.78 is 4.75. The van der Waals surface area contributed by atoms with Gasteiger partial charge in [0.2, 0.25) is 12.3 Å². The second kappa shape index (κ2) is 10.2. The van der Waals surface area contributed by atoms with Crippen molar-refractivity contribution in [3.05, 3.63) is 0 Å².